The van der Waals surface area contributed by atoms with Crippen molar-refractivity contribution < 1.29 is 17.9 Å². The van der Waals surface area contributed by atoms with Gasteiger partial charge in [0.1, 0.15) is 6.04 Å². The zero-order chi connectivity index (χ0) is 14.9. The molecule has 1 aliphatic heterocycles. The van der Waals surface area contributed by atoms with E-state index in [1.54, 1.807) is 19.1 Å². The zero-order valence-corrected chi connectivity index (χ0v) is 12.3. The molecule has 6 nitrogen and oxygen atoms in total. The first-order valence-corrected chi connectivity index (χ1v) is 7.78. The number of sulfonamides is 1. The molecular formula is C13H18N2O4S. The molecule has 1 heterocycles. The number of rotatable bonds is 3. The summed E-state index contributed by atoms with van der Waals surface area (Å²) in [4.78, 5) is 11.8. The SMILES string of the molecule is COC(=O)C1CCCN1S(=O)(=O)c1cccc(N)c1C. The summed E-state index contributed by atoms with van der Waals surface area (Å²) in [6.07, 6.45) is 1.12. The Morgan fingerprint density at radius 1 is 1.45 bits per heavy atom. The van der Waals surface area contributed by atoms with Crippen molar-refractivity contribution in [2.75, 3.05) is 19.4 Å². The average molecular weight is 298 g/mol. The van der Waals surface area contributed by atoms with Crippen LogP contribution in [0.3, 0.4) is 0 Å². The lowest BCUT2D eigenvalue weighted by Gasteiger charge is -2.23. The maximum atomic E-state index is 12.7. The van der Waals surface area contributed by atoms with E-state index in [9.17, 15) is 13.2 Å². The fraction of sp³-hybridized carbons (Fsp3) is 0.462. The van der Waals surface area contributed by atoms with Gasteiger partial charge in [0.05, 0.1) is 12.0 Å². The molecule has 7 heteroatoms. The maximum absolute atomic E-state index is 12.7. The number of benzene rings is 1. The summed E-state index contributed by atoms with van der Waals surface area (Å²) in [5, 5.41) is 0. The molecule has 0 radical (unpaired) electrons. The molecule has 0 bridgehead atoms. The molecule has 1 saturated heterocycles. The predicted molar refractivity (Wildman–Crippen MR) is 74.5 cm³/mol. The standard InChI is InChI=1S/C13H18N2O4S/c1-9-10(14)5-3-7-12(9)20(17,18)15-8-4-6-11(15)13(16)19-2/h3,5,7,11H,4,6,8,14H2,1-2H3. The Morgan fingerprint density at radius 2 is 2.15 bits per heavy atom. The normalized spacial score (nSPS) is 20.0. The van der Waals surface area contributed by atoms with Gasteiger partial charge in [0.25, 0.3) is 0 Å². The molecule has 1 aromatic carbocycles. The Morgan fingerprint density at radius 3 is 2.80 bits per heavy atom. The Kier molecular flexibility index (Phi) is 4.01. The average Bonchev–Trinajstić information content (AvgIpc) is 2.90. The van der Waals surface area contributed by atoms with Gasteiger partial charge in [-0.3, -0.25) is 4.79 Å². The third kappa shape index (κ3) is 2.38. The minimum atomic E-state index is -3.74. The van der Waals surface area contributed by atoms with Crippen LogP contribution in [0, 0.1) is 6.92 Å². The monoisotopic (exact) mass is 298 g/mol. The van der Waals surface area contributed by atoms with E-state index < -0.39 is 22.0 Å². The first-order valence-electron chi connectivity index (χ1n) is 6.34. The lowest BCUT2D eigenvalue weighted by molar-refractivity contribution is -0.144. The van der Waals surface area contributed by atoms with Gasteiger partial charge in [0, 0.05) is 12.2 Å². The lowest BCUT2D eigenvalue weighted by Crippen LogP contribution is -2.41. The van der Waals surface area contributed by atoms with Crippen LogP contribution in [0.5, 0.6) is 0 Å². The number of esters is 1. The van der Waals surface area contributed by atoms with Crippen molar-refractivity contribution in [2.24, 2.45) is 0 Å². The van der Waals surface area contributed by atoms with Crippen LogP contribution in [0.4, 0.5) is 5.69 Å². The fourth-order valence-electron chi connectivity index (χ4n) is 2.44. The molecule has 1 aromatic rings. The molecule has 0 aliphatic carbocycles. The van der Waals surface area contributed by atoms with E-state index in [1.807, 2.05) is 0 Å². The van der Waals surface area contributed by atoms with Crippen molar-refractivity contribution in [1.29, 1.82) is 0 Å². The molecule has 0 saturated carbocycles. The van der Waals surface area contributed by atoms with Crippen LogP contribution in [0.1, 0.15) is 18.4 Å². The third-order valence-corrected chi connectivity index (χ3v) is 5.64. The lowest BCUT2D eigenvalue weighted by atomic mass is 10.2. The molecular weight excluding hydrogens is 280 g/mol. The van der Waals surface area contributed by atoms with Gasteiger partial charge in [-0.25, -0.2) is 8.42 Å². The highest BCUT2D eigenvalue weighted by Gasteiger charge is 2.40. The van der Waals surface area contributed by atoms with E-state index in [-0.39, 0.29) is 4.90 Å². The van der Waals surface area contributed by atoms with E-state index in [0.29, 0.717) is 30.6 Å². The number of ether oxygens (including phenoxy) is 1. The molecule has 0 spiro atoms. The molecule has 0 amide bonds. The van der Waals surface area contributed by atoms with E-state index in [0.717, 1.165) is 0 Å². The van der Waals surface area contributed by atoms with Crippen LogP contribution in [0.25, 0.3) is 0 Å². The smallest absolute Gasteiger partial charge is 0.324 e. The van der Waals surface area contributed by atoms with Gasteiger partial charge in [-0.05, 0) is 37.5 Å². The second kappa shape index (κ2) is 5.41. The summed E-state index contributed by atoms with van der Waals surface area (Å²) in [6, 6.07) is 4.01. The van der Waals surface area contributed by atoms with Crippen LogP contribution < -0.4 is 5.73 Å². The summed E-state index contributed by atoms with van der Waals surface area (Å²) < 4.78 is 31.3. The van der Waals surface area contributed by atoms with E-state index in [2.05, 4.69) is 4.74 Å². The van der Waals surface area contributed by atoms with Gasteiger partial charge >= 0.3 is 5.97 Å². The van der Waals surface area contributed by atoms with Crippen molar-refractivity contribution in [3.05, 3.63) is 23.8 Å². The first-order chi connectivity index (χ1) is 9.39. The Balaban J connectivity index is 2.44. The number of carbonyl (C=O) groups is 1. The Bertz CT molecular complexity index is 627. The van der Waals surface area contributed by atoms with Crippen LogP contribution in [-0.4, -0.2) is 38.4 Å². The van der Waals surface area contributed by atoms with Crippen LogP contribution in [-0.2, 0) is 19.6 Å². The van der Waals surface area contributed by atoms with Crippen LogP contribution >= 0.6 is 0 Å². The number of nitrogen functional groups attached to an aromatic ring is 1. The quantitative estimate of drug-likeness (QED) is 0.661. The molecule has 1 atom stereocenters. The molecule has 1 fully saturated rings. The summed E-state index contributed by atoms with van der Waals surface area (Å²) in [7, 11) is -2.48. The van der Waals surface area contributed by atoms with Crippen molar-refractivity contribution in [1.82, 2.24) is 4.31 Å². The molecule has 2 rings (SSSR count). The number of hydrogen-bond acceptors (Lipinski definition) is 5. The van der Waals surface area contributed by atoms with Gasteiger partial charge in [-0.15, -0.1) is 0 Å². The van der Waals surface area contributed by atoms with Crippen LogP contribution in [0.15, 0.2) is 23.1 Å². The molecule has 110 valence electrons. The van der Waals surface area contributed by atoms with E-state index in [1.165, 1.54) is 17.5 Å². The summed E-state index contributed by atoms with van der Waals surface area (Å²) in [5.41, 5.74) is 6.68. The maximum Gasteiger partial charge on any atom is 0.324 e. The van der Waals surface area contributed by atoms with Crippen LogP contribution in [0.2, 0.25) is 0 Å². The Hall–Kier alpha value is -1.60. The zero-order valence-electron chi connectivity index (χ0n) is 11.5. The minimum Gasteiger partial charge on any atom is -0.468 e. The number of hydrogen-bond donors (Lipinski definition) is 1. The van der Waals surface area contributed by atoms with Gasteiger partial charge in [-0.1, -0.05) is 6.07 Å². The van der Waals surface area contributed by atoms with Gasteiger partial charge < -0.3 is 10.5 Å². The number of carbonyl (C=O) groups excluding carboxylic acids is 1. The molecule has 0 aromatic heterocycles. The topological polar surface area (TPSA) is 89.7 Å². The summed E-state index contributed by atoms with van der Waals surface area (Å²) in [6.45, 7) is 1.97. The van der Waals surface area contributed by atoms with Gasteiger partial charge in [0.15, 0.2) is 0 Å². The van der Waals surface area contributed by atoms with E-state index in [4.69, 9.17) is 5.73 Å². The highest BCUT2D eigenvalue weighted by Crippen LogP contribution is 2.30. The van der Waals surface area contributed by atoms with Crippen molar-refractivity contribution in [3.63, 3.8) is 0 Å². The third-order valence-electron chi connectivity index (χ3n) is 3.59. The van der Waals surface area contributed by atoms with Crippen molar-refractivity contribution in [3.8, 4) is 0 Å². The molecule has 20 heavy (non-hydrogen) atoms. The van der Waals surface area contributed by atoms with Gasteiger partial charge in [0.2, 0.25) is 10.0 Å². The second-order valence-electron chi connectivity index (χ2n) is 4.77. The number of methoxy groups -OCH3 is 1. The minimum absolute atomic E-state index is 0.147. The highest BCUT2D eigenvalue weighted by molar-refractivity contribution is 7.89. The predicted octanol–water partition coefficient (Wildman–Crippen LogP) is 0.903. The van der Waals surface area contributed by atoms with E-state index >= 15 is 0 Å². The Labute approximate surface area is 118 Å². The molecule has 1 unspecified atom stereocenters. The fourth-order valence-corrected chi connectivity index (χ4v) is 4.34. The van der Waals surface area contributed by atoms with Gasteiger partial charge in [-0.2, -0.15) is 4.31 Å². The number of nitrogens with two attached hydrogens (primary N) is 1. The molecule has 1 aliphatic rings. The number of anilines is 1. The first kappa shape index (κ1) is 14.8. The van der Waals surface area contributed by atoms with Crippen molar-refractivity contribution >= 4 is 21.7 Å². The molecule has 2 N–H and O–H groups in total. The summed E-state index contributed by atoms with van der Waals surface area (Å²) in [5.74, 6) is -0.521. The number of nitrogens with zero attached hydrogens (tertiary/aromatic N) is 1. The highest BCUT2D eigenvalue weighted by atomic mass is 32.2. The second-order valence-corrected chi connectivity index (χ2v) is 6.63. The van der Waals surface area contributed by atoms with Crippen molar-refractivity contribution in [2.45, 2.75) is 30.7 Å². The summed E-state index contributed by atoms with van der Waals surface area (Å²) >= 11 is 0. The largest absolute Gasteiger partial charge is 0.468 e.